The van der Waals surface area contributed by atoms with Gasteiger partial charge in [0.2, 0.25) is 0 Å². The number of furan rings is 1. The van der Waals surface area contributed by atoms with Crippen LogP contribution in [-0.4, -0.2) is 12.5 Å². The zero-order valence-corrected chi connectivity index (χ0v) is 11.1. The van der Waals surface area contributed by atoms with Crippen molar-refractivity contribution in [3.05, 3.63) is 54.0 Å². The monoisotopic (exact) mass is 258 g/mol. The molecule has 0 aliphatic carbocycles. The van der Waals surface area contributed by atoms with Gasteiger partial charge in [0.15, 0.2) is 0 Å². The van der Waals surface area contributed by atoms with E-state index in [1.165, 1.54) is 0 Å². The highest BCUT2D eigenvalue weighted by Gasteiger charge is 2.24. The number of hydrogen-bond donors (Lipinski definition) is 2. The lowest BCUT2D eigenvalue weighted by molar-refractivity contribution is 0.0944. The van der Waals surface area contributed by atoms with Gasteiger partial charge in [-0.3, -0.25) is 4.79 Å². The smallest absolute Gasteiger partial charge is 0.251 e. The Balaban J connectivity index is 1.99. The molecule has 0 spiro atoms. The predicted molar refractivity (Wildman–Crippen MR) is 74.9 cm³/mol. The molecule has 1 aromatic carbocycles. The van der Waals surface area contributed by atoms with Crippen LogP contribution in [0.3, 0.4) is 0 Å². The third kappa shape index (κ3) is 3.16. The molecule has 0 fully saturated rings. The van der Waals surface area contributed by atoms with Crippen LogP contribution in [0.5, 0.6) is 0 Å². The summed E-state index contributed by atoms with van der Waals surface area (Å²) in [5.74, 6) is 0.740. The van der Waals surface area contributed by atoms with E-state index in [0.29, 0.717) is 17.8 Å². The van der Waals surface area contributed by atoms with Crippen LogP contribution >= 0.6 is 0 Å². The average Bonchev–Trinajstić information content (AvgIpc) is 2.91. The van der Waals surface area contributed by atoms with Crippen LogP contribution in [0.2, 0.25) is 0 Å². The van der Waals surface area contributed by atoms with Crippen LogP contribution in [-0.2, 0) is 5.41 Å². The molecule has 0 saturated carbocycles. The Morgan fingerprint density at radius 1 is 1.26 bits per heavy atom. The first-order valence-electron chi connectivity index (χ1n) is 6.17. The fourth-order valence-corrected chi connectivity index (χ4v) is 1.79. The van der Waals surface area contributed by atoms with E-state index in [1.807, 2.05) is 26.0 Å². The van der Waals surface area contributed by atoms with Crippen LogP contribution in [0.1, 0.15) is 30.0 Å². The minimum atomic E-state index is -0.243. The van der Waals surface area contributed by atoms with Gasteiger partial charge in [0.05, 0.1) is 6.26 Å². The summed E-state index contributed by atoms with van der Waals surface area (Å²) in [6, 6.07) is 10.6. The van der Waals surface area contributed by atoms with Crippen LogP contribution in [0.4, 0.5) is 5.69 Å². The molecule has 19 heavy (non-hydrogen) atoms. The predicted octanol–water partition coefficient (Wildman–Crippen LogP) is 2.57. The molecule has 1 aromatic heterocycles. The summed E-state index contributed by atoms with van der Waals surface area (Å²) >= 11 is 0. The Morgan fingerprint density at radius 2 is 1.95 bits per heavy atom. The van der Waals surface area contributed by atoms with Gasteiger partial charge >= 0.3 is 0 Å². The summed E-state index contributed by atoms with van der Waals surface area (Å²) in [4.78, 5) is 12.0. The zero-order valence-electron chi connectivity index (χ0n) is 11.1. The minimum absolute atomic E-state index is 0.111. The van der Waals surface area contributed by atoms with Crippen molar-refractivity contribution in [1.29, 1.82) is 0 Å². The molecule has 0 aliphatic heterocycles. The van der Waals surface area contributed by atoms with Gasteiger partial charge in [0.1, 0.15) is 5.76 Å². The van der Waals surface area contributed by atoms with E-state index >= 15 is 0 Å². The third-order valence-electron chi connectivity index (χ3n) is 3.05. The summed E-state index contributed by atoms with van der Waals surface area (Å²) in [6.07, 6.45) is 1.64. The molecule has 2 aromatic rings. The molecule has 0 bridgehead atoms. The summed E-state index contributed by atoms with van der Waals surface area (Å²) in [5.41, 5.74) is 6.59. The van der Waals surface area contributed by atoms with Crippen LogP contribution in [0.15, 0.2) is 47.1 Å². The first-order chi connectivity index (χ1) is 8.99. The number of benzene rings is 1. The second-order valence-electron chi connectivity index (χ2n) is 5.17. The number of amides is 1. The molecule has 4 nitrogen and oxygen atoms in total. The van der Waals surface area contributed by atoms with E-state index in [2.05, 4.69) is 5.32 Å². The SMILES string of the molecule is CC(C)(CNC(=O)c1ccc(N)cc1)c1ccco1. The highest BCUT2D eigenvalue weighted by molar-refractivity contribution is 5.94. The van der Waals surface area contributed by atoms with Crippen molar-refractivity contribution < 1.29 is 9.21 Å². The van der Waals surface area contributed by atoms with Gasteiger partial charge in [-0.15, -0.1) is 0 Å². The summed E-state index contributed by atoms with van der Waals surface area (Å²) in [6.45, 7) is 4.55. The molecular formula is C15H18N2O2. The average molecular weight is 258 g/mol. The molecule has 2 rings (SSSR count). The van der Waals surface area contributed by atoms with E-state index in [-0.39, 0.29) is 11.3 Å². The Bertz CT molecular complexity index is 542. The van der Waals surface area contributed by atoms with E-state index in [4.69, 9.17) is 10.2 Å². The first-order valence-corrected chi connectivity index (χ1v) is 6.17. The van der Waals surface area contributed by atoms with Crippen LogP contribution < -0.4 is 11.1 Å². The first kappa shape index (κ1) is 13.2. The van der Waals surface area contributed by atoms with Gasteiger partial charge in [0, 0.05) is 23.2 Å². The Labute approximate surface area is 112 Å². The molecule has 0 saturated heterocycles. The second kappa shape index (κ2) is 5.18. The maximum absolute atomic E-state index is 12.0. The van der Waals surface area contributed by atoms with E-state index < -0.39 is 0 Å². The van der Waals surface area contributed by atoms with E-state index in [0.717, 1.165) is 5.76 Å². The van der Waals surface area contributed by atoms with Gasteiger partial charge in [-0.1, -0.05) is 13.8 Å². The molecule has 0 unspecified atom stereocenters. The quantitative estimate of drug-likeness (QED) is 0.828. The molecule has 1 heterocycles. The third-order valence-corrected chi connectivity index (χ3v) is 3.05. The number of nitrogens with two attached hydrogens (primary N) is 1. The molecule has 3 N–H and O–H groups in total. The van der Waals surface area contributed by atoms with Gasteiger partial charge in [-0.05, 0) is 36.4 Å². The highest BCUT2D eigenvalue weighted by atomic mass is 16.3. The number of carbonyl (C=O) groups is 1. The molecule has 0 atom stereocenters. The Hall–Kier alpha value is -2.23. The highest BCUT2D eigenvalue weighted by Crippen LogP contribution is 2.22. The molecular weight excluding hydrogens is 240 g/mol. The van der Waals surface area contributed by atoms with Gasteiger partial charge in [-0.2, -0.15) is 0 Å². The summed E-state index contributed by atoms with van der Waals surface area (Å²) in [7, 11) is 0. The summed E-state index contributed by atoms with van der Waals surface area (Å²) in [5, 5.41) is 2.91. The standard InChI is InChI=1S/C15H18N2O2/c1-15(2,13-4-3-9-19-13)10-17-14(18)11-5-7-12(16)8-6-11/h3-9H,10,16H2,1-2H3,(H,17,18). The van der Waals surface area contributed by atoms with E-state index in [9.17, 15) is 4.79 Å². The fourth-order valence-electron chi connectivity index (χ4n) is 1.79. The topological polar surface area (TPSA) is 68.3 Å². The van der Waals surface area contributed by atoms with Crippen molar-refractivity contribution in [2.75, 3.05) is 12.3 Å². The Kier molecular flexibility index (Phi) is 3.60. The van der Waals surface area contributed by atoms with Crippen molar-refractivity contribution in [3.8, 4) is 0 Å². The van der Waals surface area contributed by atoms with Gasteiger partial charge < -0.3 is 15.5 Å². The van der Waals surface area contributed by atoms with Crippen LogP contribution in [0.25, 0.3) is 0 Å². The maximum Gasteiger partial charge on any atom is 0.251 e. The number of rotatable bonds is 4. The maximum atomic E-state index is 12.0. The molecule has 100 valence electrons. The van der Waals surface area contributed by atoms with Crippen LogP contribution in [0, 0.1) is 0 Å². The number of nitrogen functional groups attached to an aromatic ring is 1. The van der Waals surface area contributed by atoms with Crippen molar-refractivity contribution >= 4 is 11.6 Å². The molecule has 0 aliphatic rings. The van der Waals surface area contributed by atoms with Crippen molar-refractivity contribution in [2.24, 2.45) is 0 Å². The number of hydrogen-bond acceptors (Lipinski definition) is 3. The largest absolute Gasteiger partial charge is 0.469 e. The second-order valence-corrected chi connectivity index (χ2v) is 5.17. The lowest BCUT2D eigenvalue weighted by Crippen LogP contribution is -2.36. The fraction of sp³-hybridized carbons (Fsp3) is 0.267. The zero-order chi connectivity index (χ0) is 13.9. The number of anilines is 1. The van der Waals surface area contributed by atoms with Crippen molar-refractivity contribution in [1.82, 2.24) is 5.32 Å². The van der Waals surface area contributed by atoms with E-state index in [1.54, 1.807) is 30.5 Å². The lowest BCUT2D eigenvalue weighted by atomic mass is 9.90. The lowest BCUT2D eigenvalue weighted by Gasteiger charge is -2.22. The number of nitrogens with one attached hydrogen (secondary N) is 1. The minimum Gasteiger partial charge on any atom is -0.469 e. The van der Waals surface area contributed by atoms with Crippen molar-refractivity contribution in [3.63, 3.8) is 0 Å². The van der Waals surface area contributed by atoms with Gasteiger partial charge in [0.25, 0.3) is 5.91 Å². The van der Waals surface area contributed by atoms with Crippen molar-refractivity contribution in [2.45, 2.75) is 19.3 Å². The molecule has 4 heteroatoms. The molecule has 0 radical (unpaired) electrons. The summed E-state index contributed by atoms with van der Waals surface area (Å²) < 4.78 is 5.38. The Morgan fingerprint density at radius 3 is 2.53 bits per heavy atom. The van der Waals surface area contributed by atoms with Gasteiger partial charge in [-0.25, -0.2) is 0 Å². The normalized spacial score (nSPS) is 11.3. The molecule has 1 amide bonds. The number of carbonyl (C=O) groups excluding carboxylic acids is 1.